The largest absolute Gasteiger partial charge is 0.379 e. The van der Waals surface area contributed by atoms with Gasteiger partial charge in [-0.25, -0.2) is 14.8 Å². The summed E-state index contributed by atoms with van der Waals surface area (Å²) in [7, 11) is 0. The van der Waals surface area contributed by atoms with Gasteiger partial charge in [0.05, 0.1) is 31.3 Å². The summed E-state index contributed by atoms with van der Waals surface area (Å²) < 4.78 is 5.42. The maximum Gasteiger partial charge on any atom is 0.322 e. The van der Waals surface area contributed by atoms with Crippen molar-refractivity contribution in [2.75, 3.05) is 38.2 Å². The lowest BCUT2D eigenvalue weighted by Crippen LogP contribution is -2.45. The number of hydrogen-bond donors (Lipinski definition) is 1. The van der Waals surface area contributed by atoms with Crippen LogP contribution in [0.2, 0.25) is 0 Å². The van der Waals surface area contributed by atoms with Gasteiger partial charge in [0.2, 0.25) is 0 Å². The number of anilines is 1. The first kappa shape index (κ1) is 18.1. The first-order valence-corrected chi connectivity index (χ1v) is 9.23. The van der Waals surface area contributed by atoms with E-state index in [9.17, 15) is 4.79 Å². The van der Waals surface area contributed by atoms with Crippen LogP contribution >= 0.6 is 0 Å². The number of rotatable bonds is 4. The van der Waals surface area contributed by atoms with Crippen LogP contribution < -0.4 is 5.32 Å². The molecule has 2 atom stereocenters. The molecule has 0 unspecified atom stereocenters. The molecule has 7 nitrogen and oxygen atoms in total. The molecule has 2 fully saturated rings. The third-order valence-corrected chi connectivity index (χ3v) is 4.92. The van der Waals surface area contributed by atoms with Crippen molar-refractivity contribution in [2.45, 2.75) is 45.7 Å². The smallest absolute Gasteiger partial charge is 0.322 e. The summed E-state index contributed by atoms with van der Waals surface area (Å²) in [5.41, 5.74) is 0.652. The fourth-order valence-electron chi connectivity index (χ4n) is 3.58. The zero-order valence-corrected chi connectivity index (χ0v) is 15.4. The van der Waals surface area contributed by atoms with Crippen LogP contribution in [-0.4, -0.2) is 70.7 Å². The Labute approximate surface area is 149 Å². The van der Waals surface area contributed by atoms with Crippen molar-refractivity contribution in [1.29, 1.82) is 0 Å². The number of hydrogen-bond acceptors (Lipinski definition) is 5. The highest BCUT2D eigenvalue weighted by Gasteiger charge is 2.36. The van der Waals surface area contributed by atoms with Crippen LogP contribution in [0.25, 0.3) is 0 Å². The van der Waals surface area contributed by atoms with Crippen LogP contribution in [0, 0.1) is 5.92 Å². The van der Waals surface area contributed by atoms with Gasteiger partial charge in [0, 0.05) is 38.1 Å². The average molecular weight is 347 g/mol. The molecule has 1 aromatic rings. The van der Waals surface area contributed by atoms with Crippen LogP contribution in [0.4, 0.5) is 10.5 Å². The van der Waals surface area contributed by atoms with Gasteiger partial charge in [-0.05, 0) is 19.3 Å². The van der Waals surface area contributed by atoms with E-state index < -0.39 is 0 Å². The summed E-state index contributed by atoms with van der Waals surface area (Å²) in [6, 6.07) is 0.590. The van der Waals surface area contributed by atoms with E-state index in [1.54, 1.807) is 12.4 Å². The van der Waals surface area contributed by atoms with E-state index in [1.165, 1.54) is 0 Å². The Morgan fingerprint density at radius 1 is 1.32 bits per heavy atom. The molecule has 2 aliphatic rings. The molecular formula is C18H29N5O2. The van der Waals surface area contributed by atoms with Gasteiger partial charge in [-0.15, -0.1) is 0 Å². The van der Waals surface area contributed by atoms with Gasteiger partial charge in [-0.3, -0.25) is 4.90 Å². The van der Waals surface area contributed by atoms with Crippen molar-refractivity contribution in [3.05, 3.63) is 18.2 Å². The first-order chi connectivity index (χ1) is 12.0. The number of likely N-dealkylation sites (tertiary alicyclic amines) is 1. The Bertz CT molecular complexity index is 571. The molecule has 0 bridgehead atoms. The normalized spacial score (nSPS) is 24.7. The van der Waals surface area contributed by atoms with Gasteiger partial charge in [-0.1, -0.05) is 13.8 Å². The number of amides is 2. The summed E-state index contributed by atoms with van der Waals surface area (Å²) in [5, 5.41) is 2.94. The SMILES string of the molecule is CC(C)Cc1ncc(NC(=O)N2C[C@H](N3CCOCC3)C[C@@H]2C)cn1. The molecule has 7 heteroatoms. The van der Waals surface area contributed by atoms with Gasteiger partial charge in [0.25, 0.3) is 0 Å². The fourth-order valence-corrected chi connectivity index (χ4v) is 3.58. The lowest BCUT2D eigenvalue weighted by atomic mass is 10.1. The second-order valence-electron chi connectivity index (χ2n) is 7.46. The Kier molecular flexibility index (Phi) is 5.86. The van der Waals surface area contributed by atoms with Crippen molar-refractivity contribution >= 4 is 11.7 Å². The summed E-state index contributed by atoms with van der Waals surface area (Å²) in [5.74, 6) is 1.33. The molecule has 2 aliphatic heterocycles. The van der Waals surface area contributed by atoms with Crippen molar-refractivity contribution in [1.82, 2.24) is 19.8 Å². The van der Waals surface area contributed by atoms with E-state index >= 15 is 0 Å². The summed E-state index contributed by atoms with van der Waals surface area (Å²) in [4.78, 5) is 25.7. The predicted octanol–water partition coefficient (Wildman–Crippen LogP) is 2.00. The molecule has 0 aromatic carbocycles. The lowest BCUT2D eigenvalue weighted by molar-refractivity contribution is 0.0191. The minimum absolute atomic E-state index is 0.0662. The number of morpholine rings is 1. The van der Waals surface area contributed by atoms with Crippen LogP contribution in [0.15, 0.2) is 12.4 Å². The quantitative estimate of drug-likeness (QED) is 0.902. The van der Waals surface area contributed by atoms with Crippen LogP contribution in [-0.2, 0) is 11.2 Å². The maximum absolute atomic E-state index is 12.6. The van der Waals surface area contributed by atoms with Crippen molar-refractivity contribution < 1.29 is 9.53 Å². The van der Waals surface area contributed by atoms with E-state index in [0.29, 0.717) is 17.6 Å². The fraction of sp³-hybridized carbons (Fsp3) is 0.722. The highest BCUT2D eigenvalue weighted by molar-refractivity contribution is 5.89. The first-order valence-electron chi connectivity index (χ1n) is 9.23. The monoisotopic (exact) mass is 347 g/mol. The molecule has 138 valence electrons. The minimum Gasteiger partial charge on any atom is -0.379 e. The molecule has 0 saturated carbocycles. The lowest BCUT2D eigenvalue weighted by Gasteiger charge is -2.32. The predicted molar refractivity (Wildman–Crippen MR) is 96.6 cm³/mol. The number of aromatic nitrogens is 2. The number of nitrogens with one attached hydrogen (secondary N) is 1. The molecular weight excluding hydrogens is 318 g/mol. The Hall–Kier alpha value is -1.73. The number of nitrogens with zero attached hydrogens (tertiary/aromatic N) is 4. The molecule has 0 radical (unpaired) electrons. The van der Waals surface area contributed by atoms with Crippen molar-refractivity contribution in [2.24, 2.45) is 5.92 Å². The van der Waals surface area contributed by atoms with E-state index in [1.807, 2.05) is 4.90 Å². The highest BCUT2D eigenvalue weighted by atomic mass is 16.5. The molecule has 1 N–H and O–H groups in total. The van der Waals surface area contributed by atoms with Gasteiger partial charge in [0.1, 0.15) is 5.82 Å². The second-order valence-corrected chi connectivity index (χ2v) is 7.46. The Balaban J connectivity index is 1.55. The molecule has 2 saturated heterocycles. The topological polar surface area (TPSA) is 70.6 Å². The molecule has 3 heterocycles. The second kappa shape index (κ2) is 8.10. The number of carbonyl (C=O) groups excluding carboxylic acids is 1. The zero-order valence-electron chi connectivity index (χ0n) is 15.4. The van der Waals surface area contributed by atoms with E-state index in [0.717, 1.165) is 51.5 Å². The van der Waals surface area contributed by atoms with E-state index in [2.05, 4.69) is 41.0 Å². The summed E-state index contributed by atoms with van der Waals surface area (Å²) in [6.45, 7) is 10.6. The Morgan fingerprint density at radius 2 is 2.00 bits per heavy atom. The molecule has 2 amide bonds. The summed E-state index contributed by atoms with van der Waals surface area (Å²) >= 11 is 0. The standard InChI is InChI=1S/C18H29N5O2/c1-13(2)8-17-19-10-15(11-20-17)21-18(24)23-12-16(9-14(23)3)22-4-6-25-7-5-22/h10-11,13-14,16H,4-9,12H2,1-3H3,(H,21,24)/t14-,16+/m0/s1. The van der Waals surface area contributed by atoms with Crippen LogP contribution in [0.1, 0.15) is 33.0 Å². The maximum atomic E-state index is 12.6. The molecule has 0 spiro atoms. The van der Waals surface area contributed by atoms with Gasteiger partial charge >= 0.3 is 6.03 Å². The Morgan fingerprint density at radius 3 is 2.64 bits per heavy atom. The highest BCUT2D eigenvalue weighted by Crippen LogP contribution is 2.23. The number of urea groups is 1. The van der Waals surface area contributed by atoms with Gasteiger partial charge in [0.15, 0.2) is 0 Å². The minimum atomic E-state index is -0.0662. The van der Waals surface area contributed by atoms with Crippen LogP contribution in [0.5, 0.6) is 0 Å². The molecule has 25 heavy (non-hydrogen) atoms. The van der Waals surface area contributed by atoms with E-state index in [-0.39, 0.29) is 12.1 Å². The third-order valence-electron chi connectivity index (χ3n) is 4.92. The number of carbonyl (C=O) groups is 1. The van der Waals surface area contributed by atoms with Crippen molar-refractivity contribution in [3.8, 4) is 0 Å². The molecule has 1 aromatic heterocycles. The van der Waals surface area contributed by atoms with E-state index in [4.69, 9.17) is 4.74 Å². The van der Waals surface area contributed by atoms with Gasteiger partial charge in [-0.2, -0.15) is 0 Å². The average Bonchev–Trinajstić information content (AvgIpc) is 2.99. The van der Waals surface area contributed by atoms with Crippen molar-refractivity contribution in [3.63, 3.8) is 0 Å². The zero-order chi connectivity index (χ0) is 17.8. The van der Waals surface area contributed by atoms with Crippen LogP contribution in [0.3, 0.4) is 0 Å². The number of ether oxygens (including phenoxy) is 1. The summed E-state index contributed by atoms with van der Waals surface area (Å²) in [6.07, 6.45) is 5.25. The molecule has 3 rings (SSSR count). The van der Waals surface area contributed by atoms with Gasteiger partial charge < -0.3 is 15.0 Å². The molecule has 0 aliphatic carbocycles. The third kappa shape index (κ3) is 4.67.